The third kappa shape index (κ3) is 5.60. The zero-order chi connectivity index (χ0) is 25.7. The first-order valence-electron chi connectivity index (χ1n) is 12.1. The lowest BCUT2D eigenvalue weighted by Crippen LogP contribution is -2.11. The summed E-state index contributed by atoms with van der Waals surface area (Å²) in [5.41, 5.74) is 6.70. The van der Waals surface area contributed by atoms with E-state index in [9.17, 15) is 9.90 Å². The Labute approximate surface area is 212 Å². The third-order valence-electron chi connectivity index (χ3n) is 6.21. The maximum Gasteiger partial charge on any atom is 0.341 e. The van der Waals surface area contributed by atoms with Crippen LogP contribution in [0.1, 0.15) is 36.5 Å². The lowest BCUT2D eigenvalue weighted by Gasteiger charge is -2.15. The van der Waals surface area contributed by atoms with Gasteiger partial charge in [-0.2, -0.15) is 5.10 Å². The van der Waals surface area contributed by atoms with Gasteiger partial charge < -0.3 is 14.6 Å². The second-order valence-corrected chi connectivity index (χ2v) is 9.12. The van der Waals surface area contributed by atoms with Crippen molar-refractivity contribution in [1.82, 2.24) is 9.78 Å². The van der Waals surface area contributed by atoms with Gasteiger partial charge in [-0.25, -0.2) is 4.79 Å². The van der Waals surface area contributed by atoms with Crippen LogP contribution in [0.2, 0.25) is 0 Å². The molecule has 3 aromatic carbocycles. The van der Waals surface area contributed by atoms with Gasteiger partial charge in [-0.3, -0.25) is 4.68 Å². The van der Waals surface area contributed by atoms with Crippen LogP contribution in [0.25, 0.3) is 22.5 Å². The molecule has 0 bridgehead atoms. The molecule has 0 fully saturated rings. The average Bonchev–Trinajstić information content (AvgIpc) is 3.29. The first-order valence-corrected chi connectivity index (χ1v) is 12.1. The number of methoxy groups -OCH3 is 1. The monoisotopic (exact) mass is 484 g/mol. The van der Waals surface area contributed by atoms with Crippen molar-refractivity contribution in [2.24, 2.45) is 0 Å². The number of ether oxygens (including phenoxy) is 2. The van der Waals surface area contributed by atoms with Gasteiger partial charge in [0.25, 0.3) is 0 Å². The normalized spacial score (nSPS) is 11.0. The van der Waals surface area contributed by atoms with E-state index in [1.165, 1.54) is 5.56 Å². The van der Waals surface area contributed by atoms with Crippen molar-refractivity contribution in [3.63, 3.8) is 0 Å². The summed E-state index contributed by atoms with van der Waals surface area (Å²) in [6.45, 7) is 6.48. The fraction of sp³-hybridized carbons (Fsp3) is 0.267. The summed E-state index contributed by atoms with van der Waals surface area (Å²) in [7, 11) is 1.66. The van der Waals surface area contributed by atoms with E-state index < -0.39 is 12.6 Å². The van der Waals surface area contributed by atoms with Crippen molar-refractivity contribution in [3.8, 4) is 34.0 Å². The Balaban J connectivity index is 1.84. The number of carbonyl (C=O) groups is 1. The number of carboxylic acids is 1. The Morgan fingerprint density at radius 3 is 2.42 bits per heavy atom. The molecule has 0 spiro atoms. The summed E-state index contributed by atoms with van der Waals surface area (Å²) in [5.74, 6) is 0.550. The summed E-state index contributed by atoms with van der Waals surface area (Å²) in [4.78, 5) is 11.3. The first kappa shape index (κ1) is 25.0. The topological polar surface area (TPSA) is 73.6 Å². The number of carboxylic acid groups (broad SMARTS) is 1. The minimum Gasteiger partial charge on any atom is -0.496 e. The number of hydrogen-bond donors (Lipinski definition) is 1. The van der Waals surface area contributed by atoms with Crippen LogP contribution >= 0.6 is 0 Å². The molecular formula is C30H32N2O4. The quantitative estimate of drug-likeness (QED) is 0.283. The van der Waals surface area contributed by atoms with Gasteiger partial charge in [0.1, 0.15) is 11.5 Å². The molecule has 0 saturated carbocycles. The van der Waals surface area contributed by atoms with Gasteiger partial charge in [0.15, 0.2) is 6.61 Å². The van der Waals surface area contributed by atoms with Gasteiger partial charge in [0, 0.05) is 17.7 Å². The van der Waals surface area contributed by atoms with Crippen LogP contribution in [-0.2, 0) is 17.8 Å². The molecule has 1 aromatic heterocycles. The fourth-order valence-corrected chi connectivity index (χ4v) is 4.36. The van der Waals surface area contributed by atoms with E-state index in [-0.39, 0.29) is 5.92 Å². The third-order valence-corrected chi connectivity index (χ3v) is 6.21. The van der Waals surface area contributed by atoms with E-state index in [2.05, 4.69) is 32.0 Å². The van der Waals surface area contributed by atoms with E-state index in [1.807, 2.05) is 66.2 Å². The molecule has 6 nitrogen and oxygen atoms in total. The Morgan fingerprint density at radius 2 is 1.72 bits per heavy atom. The van der Waals surface area contributed by atoms with Crippen LogP contribution in [-0.4, -0.2) is 34.6 Å². The molecule has 36 heavy (non-hydrogen) atoms. The van der Waals surface area contributed by atoms with Crippen molar-refractivity contribution >= 4 is 5.97 Å². The molecule has 0 saturated heterocycles. The summed E-state index contributed by atoms with van der Waals surface area (Å²) in [6, 6.07) is 24.3. The molecule has 1 heterocycles. The van der Waals surface area contributed by atoms with Crippen LogP contribution in [0, 0.1) is 6.92 Å². The zero-order valence-electron chi connectivity index (χ0n) is 21.2. The molecule has 4 rings (SSSR count). The number of rotatable bonds is 10. The second-order valence-electron chi connectivity index (χ2n) is 9.12. The lowest BCUT2D eigenvalue weighted by molar-refractivity contribution is -0.139. The van der Waals surface area contributed by atoms with Crippen LogP contribution in [0.4, 0.5) is 0 Å². The maximum atomic E-state index is 11.3. The number of aryl methyl sites for hydroxylation is 3. The Kier molecular flexibility index (Phi) is 7.74. The molecule has 1 N–H and O–H groups in total. The number of aliphatic carboxylic acids is 1. The van der Waals surface area contributed by atoms with Crippen LogP contribution in [0.5, 0.6) is 11.5 Å². The predicted octanol–water partition coefficient (Wildman–Crippen LogP) is 6.36. The van der Waals surface area contributed by atoms with Crippen molar-refractivity contribution in [3.05, 3.63) is 89.5 Å². The van der Waals surface area contributed by atoms with Gasteiger partial charge in [-0.05, 0) is 60.2 Å². The molecule has 0 unspecified atom stereocenters. The van der Waals surface area contributed by atoms with E-state index in [0.29, 0.717) is 12.3 Å². The van der Waals surface area contributed by atoms with Gasteiger partial charge in [0.05, 0.1) is 18.5 Å². The highest BCUT2D eigenvalue weighted by atomic mass is 16.5. The highest BCUT2D eigenvalue weighted by Gasteiger charge is 2.21. The Bertz CT molecular complexity index is 1340. The molecule has 0 aliphatic carbocycles. The van der Waals surface area contributed by atoms with E-state index in [0.717, 1.165) is 45.8 Å². The summed E-state index contributed by atoms with van der Waals surface area (Å²) >= 11 is 0. The number of para-hydroxylation sites is 1. The highest BCUT2D eigenvalue weighted by molar-refractivity contribution is 5.78. The number of hydrogen-bond acceptors (Lipinski definition) is 4. The summed E-state index contributed by atoms with van der Waals surface area (Å²) in [5, 5.41) is 14.3. The van der Waals surface area contributed by atoms with Crippen molar-refractivity contribution < 1.29 is 19.4 Å². The smallest absolute Gasteiger partial charge is 0.341 e. The summed E-state index contributed by atoms with van der Waals surface area (Å²) in [6.07, 6.45) is 0.817. The molecule has 4 aromatic rings. The number of nitrogens with zero attached hydrogens (tertiary/aromatic N) is 2. The van der Waals surface area contributed by atoms with Crippen molar-refractivity contribution in [2.75, 3.05) is 13.7 Å². The maximum absolute atomic E-state index is 11.3. The largest absolute Gasteiger partial charge is 0.496 e. The summed E-state index contributed by atoms with van der Waals surface area (Å²) < 4.78 is 13.4. The van der Waals surface area contributed by atoms with Crippen molar-refractivity contribution in [2.45, 2.75) is 39.7 Å². The molecule has 0 aliphatic rings. The minimum atomic E-state index is -1.02. The average molecular weight is 485 g/mol. The Hall–Kier alpha value is -4.06. The predicted molar refractivity (Wildman–Crippen MR) is 142 cm³/mol. The van der Waals surface area contributed by atoms with Crippen LogP contribution in [0.15, 0.2) is 72.8 Å². The molecule has 0 atom stereocenters. The Morgan fingerprint density at radius 1 is 1.00 bits per heavy atom. The van der Waals surface area contributed by atoms with Gasteiger partial charge >= 0.3 is 5.97 Å². The number of benzene rings is 3. The van der Waals surface area contributed by atoms with Gasteiger partial charge in [-0.1, -0.05) is 62.4 Å². The van der Waals surface area contributed by atoms with Gasteiger partial charge in [0.2, 0.25) is 0 Å². The molecule has 0 radical (unpaired) electrons. The second kappa shape index (κ2) is 11.1. The SMILES string of the molecule is COc1ccccc1-c1cc(-c2c(C)cc(C(C)C)cc2OCC(=O)O)nn1CCc1ccccc1. The highest BCUT2D eigenvalue weighted by Crippen LogP contribution is 2.39. The molecule has 6 heteroatoms. The fourth-order valence-electron chi connectivity index (χ4n) is 4.36. The van der Waals surface area contributed by atoms with E-state index >= 15 is 0 Å². The molecule has 0 aliphatic heterocycles. The van der Waals surface area contributed by atoms with Crippen LogP contribution < -0.4 is 9.47 Å². The van der Waals surface area contributed by atoms with Crippen LogP contribution in [0.3, 0.4) is 0 Å². The molecule has 0 amide bonds. The zero-order valence-corrected chi connectivity index (χ0v) is 21.2. The molecule has 186 valence electrons. The first-order chi connectivity index (χ1) is 17.4. The lowest BCUT2D eigenvalue weighted by atomic mass is 9.95. The molecular weight excluding hydrogens is 452 g/mol. The number of aromatic nitrogens is 2. The minimum absolute atomic E-state index is 0.275. The van der Waals surface area contributed by atoms with E-state index in [1.54, 1.807) is 7.11 Å². The van der Waals surface area contributed by atoms with Crippen molar-refractivity contribution in [1.29, 1.82) is 0 Å². The standard InChI is InChI=1S/C30H32N2O4/c1-20(2)23-16-21(3)30(28(17-23)36-19-29(33)34)25-18-26(24-12-8-9-13-27(24)35-4)32(31-25)15-14-22-10-6-5-7-11-22/h5-13,16-18,20H,14-15,19H2,1-4H3,(H,33,34). The van der Waals surface area contributed by atoms with E-state index in [4.69, 9.17) is 14.6 Å². The van der Waals surface area contributed by atoms with Gasteiger partial charge in [-0.15, -0.1) is 0 Å².